The first-order valence-corrected chi connectivity index (χ1v) is 12.4. The summed E-state index contributed by atoms with van der Waals surface area (Å²) in [4.78, 5) is 2.10. The predicted octanol–water partition coefficient (Wildman–Crippen LogP) is 3.00. The number of ether oxygens (including phenoxy) is 5. The van der Waals surface area contributed by atoms with Crippen LogP contribution in [0.5, 0.6) is 0 Å². The molecule has 4 rings (SSSR count). The van der Waals surface area contributed by atoms with Crippen LogP contribution in [0.25, 0.3) is 0 Å². The molecule has 1 aromatic rings. The minimum atomic E-state index is -1.30. The highest BCUT2D eigenvalue weighted by atomic mass is 31.2. The summed E-state index contributed by atoms with van der Waals surface area (Å²) in [5.41, 5.74) is 0. The molecule has 2 unspecified atom stereocenters. The third-order valence-corrected chi connectivity index (χ3v) is 7.13. The van der Waals surface area contributed by atoms with Gasteiger partial charge in [0.15, 0.2) is 17.9 Å². The van der Waals surface area contributed by atoms with Crippen LogP contribution in [-0.2, 0) is 32.7 Å². The quantitative estimate of drug-likeness (QED) is 0.539. The summed E-state index contributed by atoms with van der Waals surface area (Å²) < 4.78 is 43.4. The van der Waals surface area contributed by atoms with E-state index in [2.05, 4.69) is 11.8 Å². The Labute approximate surface area is 192 Å². The smallest absolute Gasteiger partial charge is 0.205 e. The van der Waals surface area contributed by atoms with Gasteiger partial charge in [0.2, 0.25) is 8.38 Å². The molecule has 0 bridgehead atoms. The molecule has 0 aromatic heterocycles. The van der Waals surface area contributed by atoms with Crippen molar-refractivity contribution >= 4 is 13.7 Å². The lowest BCUT2D eigenvalue weighted by Gasteiger charge is -2.37. The molecule has 3 fully saturated rings. The van der Waals surface area contributed by atoms with Crippen LogP contribution < -0.4 is 5.30 Å². The highest BCUT2D eigenvalue weighted by Crippen LogP contribution is 2.46. The molecule has 8 nitrogen and oxygen atoms in total. The van der Waals surface area contributed by atoms with Gasteiger partial charge in [0.05, 0.1) is 12.7 Å². The molecular weight excluding hydrogens is 433 g/mol. The summed E-state index contributed by atoms with van der Waals surface area (Å²) in [7, 11) is 2.76. The molecule has 0 amide bonds. The van der Waals surface area contributed by atoms with Crippen LogP contribution in [0, 0.1) is 0 Å². The van der Waals surface area contributed by atoms with Gasteiger partial charge in [0.25, 0.3) is 0 Å². The molecule has 7 atom stereocenters. The third kappa shape index (κ3) is 5.69. The van der Waals surface area contributed by atoms with E-state index in [9.17, 15) is 0 Å². The molecule has 180 valence electrons. The highest BCUT2D eigenvalue weighted by Gasteiger charge is 2.60. The van der Waals surface area contributed by atoms with E-state index >= 15 is 0 Å². The summed E-state index contributed by atoms with van der Waals surface area (Å²) in [5, 5.41) is 1.02. The van der Waals surface area contributed by atoms with E-state index < -0.39 is 26.2 Å². The number of rotatable bonds is 8. The Hall–Kier alpha value is -0.670. The molecular formula is C23H36NO7P. The maximum Gasteiger partial charge on any atom is 0.205 e. The van der Waals surface area contributed by atoms with Gasteiger partial charge in [0, 0.05) is 11.8 Å². The second kappa shape index (κ2) is 9.53. The third-order valence-electron chi connectivity index (χ3n) is 5.47. The van der Waals surface area contributed by atoms with Gasteiger partial charge >= 0.3 is 0 Å². The first-order chi connectivity index (χ1) is 15.0. The average Bonchev–Trinajstić information content (AvgIpc) is 3.19. The van der Waals surface area contributed by atoms with E-state index in [-0.39, 0.29) is 30.5 Å². The van der Waals surface area contributed by atoms with Crippen molar-refractivity contribution in [1.82, 2.24) is 4.90 Å². The molecule has 0 radical (unpaired) electrons. The Morgan fingerprint density at radius 3 is 2.25 bits per heavy atom. The van der Waals surface area contributed by atoms with Crippen LogP contribution in [0.4, 0.5) is 0 Å². The molecule has 9 heteroatoms. The van der Waals surface area contributed by atoms with E-state index in [1.54, 1.807) is 0 Å². The molecule has 32 heavy (non-hydrogen) atoms. The number of hydrogen-bond acceptors (Lipinski definition) is 8. The molecule has 0 N–H and O–H groups in total. The van der Waals surface area contributed by atoms with Crippen LogP contribution in [-0.4, -0.2) is 80.5 Å². The maximum absolute atomic E-state index is 6.36. The maximum atomic E-state index is 6.36. The SMILES string of the molecule is CC(CN(C)C)OP(OC[C@H]1O[C@@H]2OC(C)(C)O[C@@H]2[C@H]2OC(C)(C)O[C@H]21)c1ccccc1. The number of nitrogens with zero attached hydrogens (tertiary/aromatic N) is 1. The molecule has 0 aliphatic carbocycles. The summed E-state index contributed by atoms with van der Waals surface area (Å²) in [6, 6.07) is 10.0. The predicted molar refractivity (Wildman–Crippen MR) is 121 cm³/mol. The van der Waals surface area contributed by atoms with E-state index in [0.717, 1.165) is 11.8 Å². The monoisotopic (exact) mass is 469 g/mol. The van der Waals surface area contributed by atoms with Crippen LogP contribution in [0.2, 0.25) is 0 Å². The fourth-order valence-electron chi connectivity index (χ4n) is 4.40. The van der Waals surface area contributed by atoms with Crippen molar-refractivity contribution < 1.29 is 32.7 Å². The summed E-state index contributed by atoms with van der Waals surface area (Å²) in [6.07, 6.45) is -1.86. The van der Waals surface area contributed by atoms with Gasteiger partial charge < -0.3 is 37.6 Å². The molecule has 0 saturated carbocycles. The average molecular weight is 470 g/mol. The largest absolute Gasteiger partial charge is 0.342 e. The first kappa shape index (κ1) is 24.5. The zero-order valence-electron chi connectivity index (χ0n) is 20.0. The Kier molecular flexibility index (Phi) is 7.28. The molecule has 0 spiro atoms. The van der Waals surface area contributed by atoms with E-state index in [1.165, 1.54) is 0 Å². The van der Waals surface area contributed by atoms with E-state index in [4.69, 9.17) is 32.7 Å². The van der Waals surface area contributed by atoms with Crippen molar-refractivity contribution in [3.63, 3.8) is 0 Å². The van der Waals surface area contributed by atoms with Crippen molar-refractivity contribution in [2.75, 3.05) is 27.2 Å². The highest BCUT2D eigenvalue weighted by molar-refractivity contribution is 7.56. The number of likely N-dealkylation sites (N-methyl/N-ethyl adjacent to an activating group) is 1. The van der Waals surface area contributed by atoms with Crippen molar-refractivity contribution in [2.24, 2.45) is 0 Å². The Morgan fingerprint density at radius 1 is 0.938 bits per heavy atom. The minimum absolute atomic E-state index is 0.0121. The first-order valence-electron chi connectivity index (χ1n) is 11.2. The van der Waals surface area contributed by atoms with Crippen LogP contribution in [0.15, 0.2) is 30.3 Å². The Morgan fingerprint density at radius 2 is 1.56 bits per heavy atom. The van der Waals surface area contributed by atoms with Gasteiger partial charge in [-0.1, -0.05) is 18.2 Å². The molecule has 3 aliphatic heterocycles. The van der Waals surface area contributed by atoms with Crippen LogP contribution in [0.3, 0.4) is 0 Å². The summed E-state index contributed by atoms with van der Waals surface area (Å²) in [5.74, 6) is -1.48. The van der Waals surface area contributed by atoms with Crippen molar-refractivity contribution in [1.29, 1.82) is 0 Å². The van der Waals surface area contributed by atoms with E-state index in [0.29, 0.717) is 6.61 Å². The zero-order valence-corrected chi connectivity index (χ0v) is 20.9. The lowest BCUT2D eigenvalue weighted by atomic mass is 9.99. The second-order valence-corrected chi connectivity index (χ2v) is 11.3. The van der Waals surface area contributed by atoms with Gasteiger partial charge in [0.1, 0.15) is 24.4 Å². The topological polar surface area (TPSA) is 67.9 Å². The molecule has 3 aliphatic rings. The van der Waals surface area contributed by atoms with Gasteiger partial charge in [-0.15, -0.1) is 0 Å². The molecule has 1 aromatic carbocycles. The number of fused-ring (bicyclic) bond motifs is 3. The van der Waals surface area contributed by atoms with Crippen molar-refractivity contribution in [3.05, 3.63) is 30.3 Å². The summed E-state index contributed by atoms with van der Waals surface area (Å²) in [6.45, 7) is 10.7. The second-order valence-electron chi connectivity index (χ2n) is 9.77. The number of benzene rings is 1. The Bertz CT molecular complexity index is 762. The standard InChI is InChI=1S/C23H36NO7P/c1-15(13-24(6)7)31-32(16-11-9-8-10-12-16)25-14-17-18-19(28-22(2,3)27-18)20-21(26-17)30-23(4,5)29-20/h8-12,15,17-21H,13-14H2,1-7H3/t15?,17-,18+,19+,20-,21-,32?/m1/s1. The molecule has 3 saturated heterocycles. The van der Waals surface area contributed by atoms with E-state index in [1.807, 2.05) is 72.1 Å². The fourth-order valence-corrected chi connectivity index (χ4v) is 5.82. The minimum Gasteiger partial charge on any atom is -0.342 e. The fraction of sp³-hybridized carbons (Fsp3) is 0.739. The van der Waals surface area contributed by atoms with Gasteiger partial charge in [-0.2, -0.15) is 0 Å². The van der Waals surface area contributed by atoms with Crippen molar-refractivity contribution in [3.8, 4) is 0 Å². The molecule has 3 heterocycles. The Balaban J connectivity index is 1.48. The van der Waals surface area contributed by atoms with Crippen LogP contribution in [0.1, 0.15) is 34.6 Å². The normalized spacial score (nSPS) is 34.8. The van der Waals surface area contributed by atoms with Gasteiger partial charge in [-0.05, 0) is 60.8 Å². The van der Waals surface area contributed by atoms with Gasteiger partial charge in [-0.3, -0.25) is 0 Å². The lowest BCUT2D eigenvalue weighted by Crippen LogP contribution is -2.56. The zero-order chi connectivity index (χ0) is 23.1. The number of hydrogen-bond donors (Lipinski definition) is 0. The summed E-state index contributed by atoms with van der Waals surface area (Å²) >= 11 is 0. The van der Waals surface area contributed by atoms with Gasteiger partial charge in [-0.25, -0.2) is 0 Å². The van der Waals surface area contributed by atoms with Crippen LogP contribution >= 0.6 is 8.38 Å². The lowest BCUT2D eigenvalue weighted by molar-refractivity contribution is -0.238. The van der Waals surface area contributed by atoms with Crippen molar-refractivity contribution in [2.45, 2.75) is 83.0 Å².